The molecule has 0 spiro atoms. The van der Waals surface area contributed by atoms with E-state index in [1.165, 1.54) is 0 Å². The Balaban J connectivity index is 1.93. The van der Waals surface area contributed by atoms with Gasteiger partial charge < -0.3 is 9.64 Å². The number of para-hydroxylation sites is 1. The molecular formula is C16H22ClNO2. The van der Waals surface area contributed by atoms with Crippen LogP contribution in [0.15, 0.2) is 24.3 Å². The van der Waals surface area contributed by atoms with Crippen LogP contribution >= 0.6 is 11.6 Å². The topological polar surface area (TPSA) is 29.5 Å². The van der Waals surface area contributed by atoms with Crippen LogP contribution in [0.3, 0.4) is 0 Å². The van der Waals surface area contributed by atoms with Crippen molar-refractivity contribution in [2.75, 3.05) is 20.2 Å². The molecule has 1 unspecified atom stereocenters. The second-order valence-corrected chi connectivity index (χ2v) is 6.07. The SMILES string of the molecule is COc1ccccc1CC(=O)N1CCC(C(C)Cl)CC1. The summed E-state index contributed by atoms with van der Waals surface area (Å²) >= 11 is 6.13. The monoisotopic (exact) mass is 295 g/mol. The van der Waals surface area contributed by atoms with E-state index in [1.807, 2.05) is 36.1 Å². The Labute approximate surface area is 125 Å². The Kier molecular flexibility index (Phi) is 5.30. The molecule has 1 aliphatic heterocycles. The third kappa shape index (κ3) is 3.66. The van der Waals surface area contributed by atoms with Crippen molar-refractivity contribution in [3.05, 3.63) is 29.8 Å². The number of ether oxygens (including phenoxy) is 1. The number of hydrogen-bond donors (Lipinski definition) is 0. The average Bonchev–Trinajstić information content (AvgIpc) is 2.48. The van der Waals surface area contributed by atoms with Gasteiger partial charge in [0.2, 0.25) is 5.91 Å². The van der Waals surface area contributed by atoms with Crippen LogP contribution in [0, 0.1) is 5.92 Å². The maximum absolute atomic E-state index is 12.3. The highest BCUT2D eigenvalue weighted by atomic mass is 35.5. The lowest BCUT2D eigenvalue weighted by atomic mass is 9.93. The van der Waals surface area contributed by atoms with Crippen molar-refractivity contribution >= 4 is 17.5 Å². The fourth-order valence-electron chi connectivity index (χ4n) is 2.73. The van der Waals surface area contributed by atoms with E-state index < -0.39 is 0 Å². The number of hydrogen-bond acceptors (Lipinski definition) is 2. The van der Waals surface area contributed by atoms with Crippen molar-refractivity contribution in [3.63, 3.8) is 0 Å². The molecule has 1 amide bonds. The maximum atomic E-state index is 12.3. The van der Waals surface area contributed by atoms with Gasteiger partial charge in [-0.25, -0.2) is 0 Å². The van der Waals surface area contributed by atoms with Gasteiger partial charge in [0.25, 0.3) is 0 Å². The van der Waals surface area contributed by atoms with Crippen molar-refractivity contribution in [1.29, 1.82) is 0 Å². The summed E-state index contributed by atoms with van der Waals surface area (Å²) in [7, 11) is 1.64. The van der Waals surface area contributed by atoms with Gasteiger partial charge in [0.15, 0.2) is 0 Å². The molecule has 110 valence electrons. The summed E-state index contributed by atoms with van der Waals surface area (Å²) in [5.74, 6) is 1.49. The molecule has 2 rings (SSSR count). The molecule has 4 heteroatoms. The molecule has 0 aliphatic carbocycles. The van der Waals surface area contributed by atoms with Crippen LogP contribution in [0.5, 0.6) is 5.75 Å². The number of nitrogens with zero attached hydrogens (tertiary/aromatic N) is 1. The highest BCUT2D eigenvalue weighted by Gasteiger charge is 2.25. The molecule has 1 fully saturated rings. The molecule has 1 heterocycles. The Bertz CT molecular complexity index is 454. The van der Waals surface area contributed by atoms with Gasteiger partial charge in [-0.3, -0.25) is 4.79 Å². The number of halogens is 1. The van der Waals surface area contributed by atoms with Crippen LogP contribution in [-0.4, -0.2) is 36.4 Å². The molecule has 20 heavy (non-hydrogen) atoms. The fraction of sp³-hybridized carbons (Fsp3) is 0.562. The van der Waals surface area contributed by atoms with Crippen LogP contribution in [0.4, 0.5) is 0 Å². The second-order valence-electron chi connectivity index (χ2n) is 5.38. The van der Waals surface area contributed by atoms with Crippen molar-refractivity contribution in [2.24, 2.45) is 5.92 Å². The van der Waals surface area contributed by atoms with E-state index in [1.54, 1.807) is 7.11 Å². The number of rotatable bonds is 4. The van der Waals surface area contributed by atoms with Gasteiger partial charge in [0.05, 0.1) is 13.5 Å². The molecule has 3 nitrogen and oxygen atoms in total. The van der Waals surface area contributed by atoms with E-state index in [-0.39, 0.29) is 11.3 Å². The van der Waals surface area contributed by atoms with Crippen molar-refractivity contribution < 1.29 is 9.53 Å². The molecule has 1 aromatic carbocycles. The first-order chi connectivity index (χ1) is 9.61. The zero-order chi connectivity index (χ0) is 14.5. The van der Waals surface area contributed by atoms with Gasteiger partial charge in [0.1, 0.15) is 5.75 Å². The summed E-state index contributed by atoms with van der Waals surface area (Å²) in [6, 6.07) is 7.70. The number of carbonyl (C=O) groups excluding carboxylic acids is 1. The standard InChI is InChI=1S/C16H22ClNO2/c1-12(17)13-7-9-18(10-8-13)16(19)11-14-5-3-4-6-15(14)20-2/h3-6,12-13H,7-11H2,1-2H3. The predicted octanol–water partition coefficient (Wildman–Crippen LogP) is 3.10. The van der Waals surface area contributed by atoms with Crippen LogP contribution in [0.25, 0.3) is 0 Å². The number of methoxy groups -OCH3 is 1. The first kappa shape index (κ1) is 15.2. The van der Waals surface area contributed by atoms with Gasteiger partial charge in [0, 0.05) is 24.0 Å². The summed E-state index contributed by atoms with van der Waals surface area (Å²) < 4.78 is 5.29. The normalized spacial score (nSPS) is 17.9. The van der Waals surface area contributed by atoms with Crippen molar-refractivity contribution in [1.82, 2.24) is 4.90 Å². The molecule has 0 bridgehead atoms. The lowest BCUT2D eigenvalue weighted by Gasteiger charge is -2.33. The molecule has 0 aromatic heterocycles. The summed E-state index contributed by atoms with van der Waals surface area (Å²) in [6.07, 6.45) is 2.41. The quantitative estimate of drug-likeness (QED) is 0.799. The Morgan fingerprint density at radius 2 is 2.05 bits per heavy atom. The van der Waals surface area contributed by atoms with Crippen molar-refractivity contribution in [3.8, 4) is 5.75 Å². The summed E-state index contributed by atoms with van der Waals surface area (Å²) in [4.78, 5) is 14.3. The summed E-state index contributed by atoms with van der Waals surface area (Å²) in [6.45, 7) is 3.67. The predicted molar refractivity (Wildman–Crippen MR) is 81.3 cm³/mol. The van der Waals surface area contributed by atoms with E-state index in [0.717, 1.165) is 37.2 Å². The first-order valence-electron chi connectivity index (χ1n) is 7.15. The number of benzene rings is 1. The van der Waals surface area contributed by atoms with Gasteiger partial charge in [-0.1, -0.05) is 18.2 Å². The number of piperidine rings is 1. The van der Waals surface area contributed by atoms with Gasteiger partial charge in [-0.15, -0.1) is 11.6 Å². The second kappa shape index (κ2) is 6.98. The van der Waals surface area contributed by atoms with Crippen molar-refractivity contribution in [2.45, 2.75) is 31.6 Å². The Hall–Kier alpha value is -1.22. The minimum atomic E-state index is 0.176. The average molecular weight is 296 g/mol. The summed E-state index contributed by atoms with van der Waals surface area (Å²) in [5, 5.41) is 0.196. The van der Waals surface area contributed by atoms with E-state index in [4.69, 9.17) is 16.3 Å². The smallest absolute Gasteiger partial charge is 0.227 e. The zero-order valence-corrected chi connectivity index (χ0v) is 12.9. The molecule has 1 saturated heterocycles. The number of amides is 1. The van der Waals surface area contributed by atoms with Crippen LogP contribution in [0.1, 0.15) is 25.3 Å². The van der Waals surface area contributed by atoms with Crippen LogP contribution < -0.4 is 4.74 Å². The first-order valence-corrected chi connectivity index (χ1v) is 7.59. The molecule has 0 radical (unpaired) electrons. The minimum absolute atomic E-state index is 0.176. The van der Waals surface area contributed by atoms with E-state index in [9.17, 15) is 4.79 Å². The Morgan fingerprint density at radius 3 is 2.65 bits per heavy atom. The number of likely N-dealkylation sites (tertiary alicyclic amines) is 1. The highest BCUT2D eigenvalue weighted by molar-refractivity contribution is 6.20. The van der Waals surface area contributed by atoms with Crippen LogP contribution in [-0.2, 0) is 11.2 Å². The molecule has 0 N–H and O–H groups in total. The molecule has 1 aromatic rings. The van der Waals surface area contributed by atoms with E-state index in [0.29, 0.717) is 12.3 Å². The number of carbonyl (C=O) groups is 1. The Morgan fingerprint density at radius 1 is 1.40 bits per heavy atom. The molecule has 0 saturated carbocycles. The highest BCUT2D eigenvalue weighted by Crippen LogP contribution is 2.25. The van der Waals surface area contributed by atoms with Gasteiger partial charge >= 0.3 is 0 Å². The zero-order valence-electron chi connectivity index (χ0n) is 12.1. The largest absolute Gasteiger partial charge is 0.496 e. The number of alkyl halides is 1. The molecule has 1 aliphatic rings. The van der Waals surface area contributed by atoms with E-state index in [2.05, 4.69) is 0 Å². The molecule has 1 atom stereocenters. The third-order valence-electron chi connectivity index (χ3n) is 4.08. The van der Waals surface area contributed by atoms with Gasteiger partial charge in [-0.05, 0) is 31.7 Å². The van der Waals surface area contributed by atoms with Gasteiger partial charge in [-0.2, -0.15) is 0 Å². The van der Waals surface area contributed by atoms with Crippen LogP contribution in [0.2, 0.25) is 0 Å². The lowest BCUT2D eigenvalue weighted by molar-refractivity contribution is -0.131. The summed E-state index contributed by atoms with van der Waals surface area (Å²) in [5.41, 5.74) is 0.952. The lowest BCUT2D eigenvalue weighted by Crippen LogP contribution is -2.40. The molecular weight excluding hydrogens is 274 g/mol. The fourth-order valence-corrected chi connectivity index (χ4v) is 2.98. The minimum Gasteiger partial charge on any atom is -0.496 e. The van der Waals surface area contributed by atoms with E-state index >= 15 is 0 Å². The third-order valence-corrected chi connectivity index (χ3v) is 4.43. The maximum Gasteiger partial charge on any atom is 0.227 e.